The van der Waals surface area contributed by atoms with Gasteiger partial charge in [-0.05, 0) is 32.9 Å². The molecule has 0 aromatic carbocycles. The van der Waals surface area contributed by atoms with Crippen molar-refractivity contribution in [3.05, 3.63) is 34.9 Å². The van der Waals surface area contributed by atoms with Crippen LogP contribution in [0.1, 0.15) is 61.8 Å². The van der Waals surface area contributed by atoms with Crippen molar-refractivity contribution in [2.24, 2.45) is 11.3 Å². The van der Waals surface area contributed by atoms with Gasteiger partial charge in [-0.25, -0.2) is 4.79 Å². The molecule has 1 heterocycles. The van der Waals surface area contributed by atoms with E-state index in [1.54, 1.807) is 26.0 Å². The predicted octanol–water partition coefficient (Wildman–Crippen LogP) is 2.25. The van der Waals surface area contributed by atoms with Crippen LogP contribution < -0.4 is 0 Å². The van der Waals surface area contributed by atoms with Crippen molar-refractivity contribution in [1.82, 2.24) is 0 Å². The minimum absolute atomic E-state index is 0.0990. The van der Waals surface area contributed by atoms with Gasteiger partial charge < -0.3 is 28.8 Å². The Morgan fingerprint density at radius 2 is 1.49 bits per heavy atom. The van der Waals surface area contributed by atoms with Gasteiger partial charge in [0, 0.05) is 56.6 Å². The molecule has 0 aromatic heterocycles. The molecule has 11 nitrogen and oxygen atoms in total. The number of esters is 5. The molecule has 0 spiro atoms. The number of carbonyl (C=O) groups excluding carboxylic acids is 5. The molecule has 3 rings (SSSR count). The molecule has 0 bridgehead atoms. The first-order chi connectivity index (χ1) is 18.0. The first kappa shape index (κ1) is 30.1. The third kappa shape index (κ3) is 5.93. The fraction of sp³-hybridized carbons (Fsp3) is 0.607. The maximum absolute atomic E-state index is 12.8. The molecule has 8 atom stereocenters. The maximum atomic E-state index is 12.8. The summed E-state index contributed by atoms with van der Waals surface area (Å²) in [7, 11) is 0. The second kappa shape index (κ2) is 11.0. The van der Waals surface area contributed by atoms with Crippen molar-refractivity contribution in [1.29, 1.82) is 0 Å². The minimum atomic E-state index is -1.95. The highest BCUT2D eigenvalue weighted by Gasteiger charge is 2.63. The first-order valence-corrected chi connectivity index (χ1v) is 12.7. The largest absolute Gasteiger partial charge is 0.458 e. The van der Waals surface area contributed by atoms with Crippen molar-refractivity contribution >= 4 is 29.8 Å². The van der Waals surface area contributed by atoms with E-state index in [0.29, 0.717) is 11.1 Å². The van der Waals surface area contributed by atoms with E-state index in [9.17, 15) is 29.1 Å². The van der Waals surface area contributed by atoms with E-state index in [2.05, 4.69) is 0 Å². The van der Waals surface area contributed by atoms with Crippen molar-refractivity contribution in [2.75, 3.05) is 0 Å². The molecule has 1 N–H and O–H groups in total. The van der Waals surface area contributed by atoms with E-state index in [-0.39, 0.29) is 12.0 Å². The summed E-state index contributed by atoms with van der Waals surface area (Å²) >= 11 is 0. The fourth-order valence-corrected chi connectivity index (χ4v) is 6.08. The Bertz CT molecular complexity index is 1160. The summed E-state index contributed by atoms with van der Waals surface area (Å²) in [6.07, 6.45) is -0.884. The van der Waals surface area contributed by atoms with Crippen LogP contribution in [0.25, 0.3) is 0 Å². The van der Waals surface area contributed by atoms with Crippen molar-refractivity contribution < 1.29 is 52.8 Å². The second-order valence-corrected chi connectivity index (χ2v) is 10.8. The van der Waals surface area contributed by atoms with E-state index in [0.717, 1.165) is 0 Å². The second-order valence-electron chi connectivity index (χ2n) is 10.8. The quantitative estimate of drug-likeness (QED) is 0.313. The molecule has 39 heavy (non-hydrogen) atoms. The summed E-state index contributed by atoms with van der Waals surface area (Å²) in [5, 5.41) is 12.1. The zero-order valence-corrected chi connectivity index (χ0v) is 23.4. The third-order valence-corrected chi connectivity index (χ3v) is 7.50. The van der Waals surface area contributed by atoms with Crippen LogP contribution in [0.3, 0.4) is 0 Å². The van der Waals surface area contributed by atoms with Crippen LogP contribution >= 0.6 is 0 Å². The number of fused-ring (bicyclic) bond motifs is 2. The van der Waals surface area contributed by atoms with Gasteiger partial charge in [0.2, 0.25) is 0 Å². The predicted molar refractivity (Wildman–Crippen MR) is 135 cm³/mol. The van der Waals surface area contributed by atoms with Gasteiger partial charge in [0.15, 0.2) is 0 Å². The van der Waals surface area contributed by atoms with E-state index < -0.39 is 77.3 Å². The lowest BCUT2D eigenvalue weighted by Crippen LogP contribution is -2.65. The lowest BCUT2D eigenvalue weighted by molar-refractivity contribution is -0.214. The molecule has 0 amide bonds. The van der Waals surface area contributed by atoms with Gasteiger partial charge in [0.1, 0.15) is 36.1 Å². The fourth-order valence-electron chi connectivity index (χ4n) is 6.08. The van der Waals surface area contributed by atoms with Gasteiger partial charge in [0.25, 0.3) is 0 Å². The number of carbonyl (C=O) groups is 5. The number of ether oxygens (including phenoxy) is 5. The zero-order chi connectivity index (χ0) is 29.4. The van der Waals surface area contributed by atoms with Gasteiger partial charge in [-0.3, -0.25) is 19.2 Å². The number of hydrogen-bond acceptors (Lipinski definition) is 11. The molecule has 1 aliphatic heterocycles. The Balaban J connectivity index is 2.44. The maximum Gasteiger partial charge on any atom is 0.334 e. The van der Waals surface area contributed by atoms with Crippen molar-refractivity contribution in [2.45, 2.75) is 97.9 Å². The number of rotatable bonds is 4. The Morgan fingerprint density at radius 3 is 2.03 bits per heavy atom. The Labute approximate surface area is 227 Å². The lowest BCUT2D eigenvalue weighted by Gasteiger charge is -2.55. The summed E-state index contributed by atoms with van der Waals surface area (Å²) in [4.78, 5) is 61.8. The van der Waals surface area contributed by atoms with E-state index in [4.69, 9.17) is 23.7 Å². The monoisotopic (exact) mass is 548 g/mol. The molecule has 11 heteroatoms. The first-order valence-electron chi connectivity index (χ1n) is 12.7. The van der Waals surface area contributed by atoms with Gasteiger partial charge in [-0.2, -0.15) is 0 Å². The summed E-state index contributed by atoms with van der Waals surface area (Å²) in [5.74, 6) is -4.52. The highest BCUT2D eigenvalue weighted by molar-refractivity contribution is 5.92. The SMILES string of the molecule is CC(=O)O[C@@H]1C/C(C)=C\[C@@H]2OC(=O)C(C)=C2[C@H](OC(C)=O)[C@H]2[C@](C)(O)[C@H](OC(C)=O)C=C[C@]2(C)[C@H]1OC(C)=O. The Hall–Kier alpha value is -3.47. The van der Waals surface area contributed by atoms with Gasteiger partial charge in [-0.15, -0.1) is 0 Å². The van der Waals surface area contributed by atoms with Crippen molar-refractivity contribution in [3.8, 4) is 0 Å². The van der Waals surface area contributed by atoms with Crippen LogP contribution in [-0.2, 0) is 47.7 Å². The number of hydrogen-bond donors (Lipinski definition) is 1. The van der Waals surface area contributed by atoms with Crippen LogP contribution in [0, 0.1) is 11.3 Å². The van der Waals surface area contributed by atoms with Crippen LogP contribution in [-0.4, -0.2) is 71.1 Å². The molecule has 0 saturated carbocycles. The Morgan fingerprint density at radius 1 is 0.923 bits per heavy atom. The topological polar surface area (TPSA) is 152 Å². The van der Waals surface area contributed by atoms with Gasteiger partial charge in [-0.1, -0.05) is 18.6 Å². The number of aliphatic hydroxyl groups is 1. The summed E-state index contributed by atoms with van der Waals surface area (Å²) < 4.78 is 28.4. The molecule has 0 unspecified atom stereocenters. The van der Waals surface area contributed by atoms with E-state index in [1.807, 2.05) is 0 Å². The standard InChI is InChI=1S/C28H36O11/c1-13-11-19-22(14(2)26(33)39-19)23(37-17(5)31)24-27(7,10-9-21(28(24,8)34)36-16(4)30)25(38-18(6)32)20(12-13)35-15(3)29/h9-11,19-21,23-25,34H,12H2,1-8H3/b13-11-/t19-,20+,21+,23-,24+,25-,27-,28+/m0/s1. The summed E-state index contributed by atoms with van der Waals surface area (Å²) in [6.45, 7) is 11.1. The Kier molecular flexibility index (Phi) is 8.45. The molecular formula is C28H36O11. The molecule has 0 fully saturated rings. The van der Waals surface area contributed by atoms with Crippen LogP contribution in [0.2, 0.25) is 0 Å². The van der Waals surface area contributed by atoms with E-state index in [1.165, 1.54) is 47.6 Å². The van der Waals surface area contributed by atoms with Crippen LogP contribution in [0.5, 0.6) is 0 Å². The van der Waals surface area contributed by atoms with Crippen LogP contribution in [0.15, 0.2) is 34.9 Å². The van der Waals surface area contributed by atoms with Crippen molar-refractivity contribution in [3.63, 3.8) is 0 Å². The molecule has 0 saturated heterocycles. The van der Waals surface area contributed by atoms with Crippen LogP contribution in [0.4, 0.5) is 0 Å². The molecule has 0 aromatic rings. The van der Waals surface area contributed by atoms with E-state index >= 15 is 0 Å². The minimum Gasteiger partial charge on any atom is -0.458 e. The smallest absolute Gasteiger partial charge is 0.334 e. The summed E-state index contributed by atoms with van der Waals surface area (Å²) in [6, 6.07) is 0. The molecule has 2 aliphatic carbocycles. The molecule has 3 aliphatic rings. The molecule has 0 radical (unpaired) electrons. The average Bonchev–Trinajstić information content (AvgIpc) is 3.04. The van der Waals surface area contributed by atoms with Gasteiger partial charge in [0.05, 0.1) is 0 Å². The highest BCUT2D eigenvalue weighted by atomic mass is 16.6. The lowest BCUT2D eigenvalue weighted by atomic mass is 9.56. The molecular weight excluding hydrogens is 512 g/mol. The zero-order valence-electron chi connectivity index (χ0n) is 23.4. The highest BCUT2D eigenvalue weighted by Crippen LogP contribution is 2.53. The average molecular weight is 549 g/mol. The van der Waals surface area contributed by atoms with Gasteiger partial charge >= 0.3 is 29.8 Å². The molecule has 214 valence electrons. The summed E-state index contributed by atoms with van der Waals surface area (Å²) in [5.41, 5.74) is -2.21. The normalized spacial score (nSPS) is 37.4. The third-order valence-electron chi connectivity index (χ3n) is 7.50.